The van der Waals surface area contributed by atoms with E-state index in [0.29, 0.717) is 6.42 Å². The molecule has 2 aromatic carbocycles. The Morgan fingerprint density at radius 1 is 1.13 bits per heavy atom. The number of para-hydroxylation sites is 1. The lowest BCUT2D eigenvalue weighted by Crippen LogP contribution is -2.26. The van der Waals surface area contributed by atoms with Crippen molar-refractivity contribution in [3.05, 3.63) is 83.3 Å². The molecule has 1 aromatic heterocycles. The molecule has 0 saturated carbocycles. The third-order valence-electron chi connectivity index (χ3n) is 5.39. The van der Waals surface area contributed by atoms with E-state index in [4.69, 9.17) is 14.6 Å². The van der Waals surface area contributed by atoms with E-state index in [1.165, 1.54) is 6.92 Å². The standard InChI is InChI=1S/C24H23NO6/c1-15(27)25-12-20(19-4-2-3-5-21(19)25)18-10-22(24(28)29)31-23(11-18)30-14-17-8-6-16(13-26)7-9-17/h2-10,12,18,23,26H,11,13-14H2,1H3,(H,28,29)/t18-,23+/m0/s1. The summed E-state index contributed by atoms with van der Waals surface area (Å²) < 4.78 is 13.0. The molecular formula is C24H23NO6. The topological polar surface area (TPSA) is 98.0 Å². The second kappa shape index (κ2) is 8.75. The molecule has 0 radical (unpaired) electrons. The molecule has 3 aromatic rings. The fourth-order valence-electron chi connectivity index (χ4n) is 3.82. The number of carboxylic acid groups (broad SMARTS) is 1. The van der Waals surface area contributed by atoms with Gasteiger partial charge >= 0.3 is 5.97 Å². The average Bonchev–Trinajstić information content (AvgIpc) is 3.18. The third kappa shape index (κ3) is 4.38. The van der Waals surface area contributed by atoms with Crippen LogP contribution in [0.2, 0.25) is 0 Å². The van der Waals surface area contributed by atoms with Crippen LogP contribution in [0.3, 0.4) is 0 Å². The van der Waals surface area contributed by atoms with Gasteiger partial charge in [0.25, 0.3) is 0 Å². The number of aliphatic carboxylic acids is 1. The highest BCUT2D eigenvalue weighted by Crippen LogP contribution is 2.36. The predicted octanol–water partition coefficient (Wildman–Crippen LogP) is 3.81. The smallest absolute Gasteiger partial charge is 0.370 e. The highest BCUT2D eigenvalue weighted by atomic mass is 16.7. The van der Waals surface area contributed by atoms with Crippen LogP contribution in [0.1, 0.15) is 40.7 Å². The zero-order valence-corrected chi connectivity index (χ0v) is 17.0. The summed E-state index contributed by atoms with van der Waals surface area (Å²) in [6.07, 6.45) is 3.00. The minimum Gasteiger partial charge on any atom is -0.475 e. The number of nitrogens with zero attached hydrogens (tertiary/aromatic N) is 1. The molecule has 2 N–H and O–H groups in total. The quantitative estimate of drug-likeness (QED) is 0.628. The Kier molecular flexibility index (Phi) is 5.88. The Morgan fingerprint density at radius 3 is 2.52 bits per heavy atom. The van der Waals surface area contributed by atoms with Gasteiger partial charge in [-0.3, -0.25) is 9.36 Å². The molecule has 0 saturated heterocycles. The molecule has 2 atom stereocenters. The van der Waals surface area contributed by atoms with E-state index in [-0.39, 0.29) is 30.8 Å². The van der Waals surface area contributed by atoms with Crippen LogP contribution in [0, 0.1) is 0 Å². The van der Waals surface area contributed by atoms with Gasteiger partial charge in [-0.15, -0.1) is 0 Å². The lowest BCUT2D eigenvalue weighted by atomic mass is 9.92. The summed E-state index contributed by atoms with van der Waals surface area (Å²) >= 11 is 0. The fraction of sp³-hybridized carbons (Fsp3) is 0.250. The number of carboxylic acids is 1. The van der Waals surface area contributed by atoms with Crippen LogP contribution in [0.25, 0.3) is 10.9 Å². The van der Waals surface area contributed by atoms with Gasteiger partial charge in [-0.2, -0.15) is 0 Å². The number of hydrogen-bond acceptors (Lipinski definition) is 5. The Labute approximate surface area is 179 Å². The summed E-state index contributed by atoms with van der Waals surface area (Å²) in [5, 5.41) is 19.6. The van der Waals surface area contributed by atoms with Crippen molar-refractivity contribution in [1.82, 2.24) is 4.57 Å². The largest absolute Gasteiger partial charge is 0.475 e. The minimum atomic E-state index is -1.17. The minimum absolute atomic E-state index is 0.0326. The van der Waals surface area contributed by atoms with Gasteiger partial charge in [0.05, 0.1) is 18.7 Å². The molecule has 0 fully saturated rings. The summed E-state index contributed by atoms with van der Waals surface area (Å²) in [7, 11) is 0. The molecule has 7 heteroatoms. The second-order valence-electron chi connectivity index (χ2n) is 7.50. The van der Waals surface area contributed by atoms with Crippen LogP contribution in [0.15, 0.2) is 66.6 Å². The van der Waals surface area contributed by atoms with Crippen molar-refractivity contribution in [1.29, 1.82) is 0 Å². The molecule has 31 heavy (non-hydrogen) atoms. The van der Waals surface area contributed by atoms with Crippen molar-refractivity contribution in [3.8, 4) is 0 Å². The normalized spacial score (nSPS) is 18.5. The number of aliphatic hydroxyl groups is 1. The van der Waals surface area contributed by atoms with Gasteiger partial charge in [0.2, 0.25) is 18.0 Å². The van der Waals surface area contributed by atoms with Crippen molar-refractivity contribution in [3.63, 3.8) is 0 Å². The van der Waals surface area contributed by atoms with E-state index in [0.717, 1.165) is 27.6 Å². The number of rotatable bonds is 6. The van der Waals surface area contributed by atoms with Gasteiger partial charge in [-0.25, -0.2) is 4.79 Å². The van der Waals surface area contributed by atoms with Gasteiger partial charge in [-0.1, -0.05) is 42.5 Å². The fourth-order valence-corrected chi connectivity index (χ4v) is 3.82. The van der Waals surface area contributed by atoms with Crippen molar-refractivity contribution < 1.29 is 29.3 Å². The molecule has 0 unspecified atom stereocenters. The van der Waals surface area contributed by atoms with Crippen molar-refractivity contribution in [2.75, 3.05) is 0 Å². The Bertz CT molecular complexity index is 1140. The van der Waals surface area contributed by atoms with Crippen LogP contribution < -0.4 is 0 Å². The first-order chi connectivity index (χ1) is 15.0. The molecule has 1 aliphatic rings. The van der Waals surface area contributed by atoms with E-state index in [2.05, 4.69) is 0 Å². The predicted molar refractivity (Wildman–Crippen MR) is 113 cm³/mol. The molecule has 0 aliphatic carbocycles. The summed E-state index contributed by atoms with van der Waals surface area (Å²) in [6, 6.07) is 14.9. The Balaban J connectivity index is 1.60. The SMILES string of the molecule is CC(=O)n1cc([C@H]2C=C(C(=O)O)O[C@@H](OCc3ccc(CO)cc3)C2)c2ccccc21. The van der Waals surface area contributed by atoms with Gasteiger partial charge in [0.15, 0.2) is 0 Å². The summed E-state index contributed by atoms with van der Waals surface area (Å²) in [5.74, 6) is -1.74. The molecule has 0 amide bonds. The molecule has 0 bridgehead atoms. The van der Waals surface area contributed by atoms with Crippen molar-refractivity contribution in [2.24, 2.45) is 0 Å². The van der Waals surface area contributed by atoms with Gasteiger partial charge < -0.3 is 19.7 Å². The van der Waals surface area contributed by atoms with E-state index < -0.39 is 12.3 Å². The van der Waals surface area contributed by atoms with Crippen molar-refractivity contribution in [2.45, 2.75) is 38.8 Å². The first-order valence-corrected chi connectivity index (χ1v) is 9.99. The molecule has 7 nitrogen and oxygen atoms in total. The molecule has 4 rings (SSSR count). The number of aliphatic hydroxyl groups excluding tert-OH is 1. The van der Waals surface area contributed by atoms with Crippen molar-refractivity contribution >= 4 is 22.8 Å². The monoisotopic (exact) mass is 421 g/mol. The number of carbonyl (C=O) groups excluding carboxylic acids is 1. The number of allylic oxidation sites excluding steroid dienone is 1. The average molecular weight is 421 g/mol. The zero-order chi connectivity index (χ0) is 22.0. The number of aromatic nitrogens is 1. The van der Waals surface area contributed by atoms with E-state index in [9.17, 15) is 14.7 Å². The second-order valence-corrected chi connectivity index (χ2v) is 7.50. The Morgan fingerprint density at radius 2 is 1.84 bits per heavy atom. The van der Waals surface area contributed by atoms with E-state index in [1.54, 1.807) is 16.8 Å². The molecular weight excluding hydrogens is 398 g/mol. The number of benzene rings is 2. The highest BCUT2D eigenvalue weighted by Gasteiger charge is 2.30. The first-order valence-electron chi connectivity index (χ1n) is 9.99. The first kappa shape index (κ1) is 20.8. The number of carbonyl (C=O) groups is 2. The molecule has 0 spiro atoms. The maximum atomic E-state index is 12.1. The van der Waals surface area contributed by atoms with Gasteiger partial charge in [0, 0.05) is 30.8 Å². The number of fused-ring (bicyclic) bond motifs is 1. The number of hydrogen-bond donors (Lipinski definition) is 2. The van der Waals surface area contributed by atoms with Crippen LogP contribution in [0.5, 0.6) is 0 Å². The van der Waals surface area contributed by atoms with Crippen LogP contribution in [-0.4, -0.2) is 32.9 Å². The highest BCUT2D eigenvalue weighted by molar-refractivity contribution is 5.94. The molecule has 2 heterocycles. The van der Waals surface area contributed by atoms with Crippen LogP contribution >= 0.6 is 0 Å². The summed E-state index contributed by atoms with van der Waals surface area (Å²) in [5.41, 5.74) is 3.32. The van der Waals surface area contributed by atoms with E-state index in [1.807, 2.05) is 48.5 Å². The van der Waals surface area contributed by atoms with Crippen LogP contribution in [0.4, 0.5) is 0 Å². The zero-order valence-electron chi connectivity index (χ0n) is 17.0. The van der Waals surface area contributed by atoms with Gasteiger partial charge in [-0.05, 0) is 28.8 Å². The van der Waals surface area contributed by atoms with Gasteiger partial charge in [0.1, 0.15) is 0 Å². The maximum absolute atomic E-state index is 12.1. The lowest BCUT2D eigenvalue weighted by molar-refractivity contribution is -0.159. The molecule has 160 valence electrons. The lowest BCUT2D eigenvalue weighted by Gasteiger charge is -2.28. The van der Waals surface area contributed by atoms with Crippen LogP contribution in [-0.2, 0) is 27.5 Å². The number of ether oxygens (including phenoxy) is 2. The van der Waals surface area contributed by atoms with E-state index >= 15 is 0 Å². The third-order valence-corrected chi connectivity index (χ3v) is 5.39. The summed E-state index contributed by atoms with van der Waals surface area (Å²) in [6.45, 7) is 1.70. The maximum Gasteiger partial charge on any atom is 0.370 e. The summed E-state index contributed by atoms with van der Waals surface area (Å²) in [4.78, 5) is 23.8. The molecule has 1 aliphatic heterocycles. The Hall–Kier alpha value is -3.42.